The zero-order valence-electron chi connectivity index (χ0n) is 8.45. The summed E-state index contributed by atoms with van der Waals surface area (Å²) in [5, 5.41) is 0. The van der Waals surface area contributed by atoms with Gasteiger partial charge in [0.15, 0.2) is 18.3 Å². The number of hydrogen-bond donors (Lipinski definition) is 1. The zero-order chi connectivity index (χ0) is 10.4. The molecule has 0 aromatic heterocycles. The summed E-state index contributed by atoms with van der Waals surface area (Å²) in [6, 6.07) is 5.57. The van der Waals surface area contributed by atoms with Gasteiger partial charge in [-0.3, -0.25) is 0 Å². The first-order chi connectivity index (χ1) is 6.81. The summed E-state index contributed by atoms with van der Waals surface area (Å²) in [5.74, 6) is 1.33. The van der Waals surface area contributed by atoms with Crippen molar-refractivity contribution >= 4 is 0 Å². The summed E-state index contributed by atoms with van der Waals surface area (Å²) >= 11 is 0. The summed E-state index contributed by atoms with van der Waals surface area (Å²) in [4.78, 5) is 0. The average molecular weight is 197 g/mol. The zero-order valence-corrected chi connectivity index (χ0v) is 8.45. The maximum absolute atomic E-state index is 5.50. The Kier molecular flexibility index (Phi) is 4.22. The van der Waals surface area contributed by atoms with E-state index in [2.05, 4.69) is 0 Å². The topological polar surface area (TPSA) is 53.7 Å². The second kappa shape index (κ2) is 5.47. The van der Waals surface area contributed by atoms with Gasteiger partial charge >= 0.3 is 0 Å². The highest BCUT2D eigenvalue weighted by Gasteiger charge is 2.04. The van der Waals surface area contributed by atoms with Gasteiger partial charge in [0.2, 0.25) is 0 Å². The van der Waals surface area contributed by atoms with Gasteiger partial charge in [-0.25, -0.2) is 0 Å². The van der Waals surface area contributed by atoms with E-state index >= 15 is 0 Å². The minimum absolute atomic E-state index is 0.207. The molecule has 0 atom stereocenters. The lowest BCUT2D eigenvalue weighted by molar-refractivity contribution is 0.0491. The molecule has 0 unspecified atom stereocenters. The fraction of sp³-hybridized carbons (Fsp3) is 0.400. The van der Waals surface area contributed by atoms with Crippen molar-refractivity contribution in [2.45, 2.75) is 6.54 Å². The lowest BCUT2D eigenvalue weighted by Gasteiger charge is -2.10. The quantitative estimate of drug-likeness (QED) is 0.719. The summed E-state index contributed by atoms with van der Waals surface area (Å²) < 4.78 is 15.2. The molecule has 2 N–H and O–H groups in total. The first-order valence-corrected chi connectivity index (χ1v) is 4.30. The van der Waals surface area contributed by atoms with Crippen LogP contribution in [-0.4, -0.2) is 21.0 Å². The van der Waals surface area contributed by atoms with Gasteiger partial charge in [-0.1, -0.05) is 6.07 Å². The van der Waals surface area contributed by atoms with Crippen molar-refractivity contribution in [1.82, 2.24) is 0 Å². The Morgan fingerprint density at radius 1 is 1.21 bits per heavy atom. The molecule has 78 valence electrons. The van der Waals surface area contributed by atoms with Crippen molar-refractivity contribution in [2.24, 2.45) is 5.73 Å². The molecule has 0 saturated heterocycles. The average Bonchev–Trinajstić information content (AvgIpc) is 2.26. The second-order valence-electron chi connectivity index (χ2n) is 2.74. The molecule has 0 heterocycles. The van der Waals surface area contributed by atoms with Crippen molar-refractivity contribution < 1.29 is 14.2 Å². The maximum atomic E-state index is 5.50. The molecule has 0 spiro atoms. The molecule has 0 aliphatic carbocycles. The van der Waals surface area contributed by atoms with Gasteiger partial charge in [0.25, 0.3) is 0 Å². The molecule has 14 heavy (non-hydrogen) atoms. The molecule has 1 aromatic rings. The fourth-order valence-corrected chi connectivity index (χ4v) is 1.08. The van der Waals surface area contributed by atoms with E-state index in [0.29, 0.717) is 18.0 Å². The van der Waals surface area contributed by atoms with Crippen molar-refractivity contribution in [1.29, 1.82) is 0 Å². The van der Waals surface area contributed by atoms with Crippen LogP contribution in [0.25, 0.3) is 0 Å². The number of rotatable bonds is 5. The van der Waals surface area contributed by atoms with Crippen LogP contribution in [0, 0.1) is 0 Å². The normalized spacial score (nSPS) is 9.93. The number of ether oxygens (including phenoxy) is 3. The van der Waals surface area contributed by atoms with E-state index in [1.54, 1.807) is 14.2 Å². The van der Waals surface area contributed by atoms with Crippen LogP contribution < -0.4 is 15.2 Å². The molecular weight excluding hydrogens is 182 g/mol. The van der Waals surface area contributed by atoms with E-state index in [4.69, 9.17) is 19.9 Å². The Morgan fingerprint density at radius 2 is 2.00 bits per heavy atom. The SMILES string of the molecule is COCOc1ccc(CN)cc1OC. The molecule has 0 aliphatic heterocycles. The van der Waals surface area contributed by atoms with E-state index in [1.165, 1.54) is 0 Å². The van der Waals surface area contributed by atoms with Gasteiger partial charge in [0, 0.05) is 13.7 Å². The standard InChI is InChI=1S/C10H15NO3/c1-12-7-14-9-4-3-8(6-11)5-10(9)13-2/h3-5H,6-7,11H2,1-2H3. The fourth-order valence-electron chi connectivity index (χ4n) is 1.08. The van der Waals surface area contributed by atoms with Crippen LogP contribution in [0.3, 0.4) is 0 Å². The molecule has 1 aromatic carbocycles. The largest absolute Gasteiger partial charge is 0.493 e. The monoisotopic (exact) mass is 197 g/mol. The Labute approximate surface area is 83.6 Å². The Morgan fingerprint density at radius 3 is 2.57 bits per heavy atom. The third kappa shape index (κ3) is 2.61. The summed E-state index contributed by atoms with van der Waals surface area (Å²) in [6.07, 6.45) is 0. The van der Waals surface area contributed by atoms with Crippen LogP contribution in [0.5, 0.6) is 11.5 Å². The van der Waals surface area contributed by atoms with E-state index in [-0.39, 0.29) is 6.79 Å². The molecule has 0 bridgehead atoms. The minimum Gasteiger partial charge on any atom is -0.493 e. The van der Waals surface area contributed by atoms with Crippen LogP contribution in [0.2, 0.25) is 0 Å². The predicted octanol–water partition coefficient (Wildman–Crippen LogP) is 1.14. The van der Waals surface area contributed by atoms with Crippen molar-refractivity contribution in [3.63, 3.8) is 0 Å². The van der Waals surface area contributed by atoms with Gasteiger partial charge in [-0.05, 0) is 17.7 Å². The molecule has 0 amide bonds. The van der Waals surface area contributed by atoms with E-state index in [0.717, 1.165) is 5.56 Å². The summed E-state index contributed by atoms with van der Waals surface area (Å²) in [7, 11) is 3.16. The number of hydrogen-bond acceptors (Lipinski definition) is 4. The van der Waals surface area contributed by atoms with Crippen LogP contribution >= 0.6 is 0 Å². The number of benzene rings is 1. The van der Waals surface area contributed by atoms with Crippen LogP contribution in [0.4, 0.5) is 0 Å². The highest BCUT2D eigenvalue weighted by Crippen LogP contribution is 2.27. The molecule has 4 nitrogen and oxygen atoms in total. The molecular formula is C10H15NO3. The van der Waals surface area contributed by atoms with Gasteiger partial charge < -0.3 is 19.9 Å². The Balaban J connectivity index is 2.82. The minimum atomic E-state index is 0.207. The highest BCUT2D eigenvalue weighted by molar-refractivity contribution is 5.42. The molecule has 0 fully saturated rings. The molecule has 4 heteroatoms. The van der Waals surface area contributed by atoms with Gasteiger partial charge in [-0.2, -0.15) is 0 Å². The van der Waals surface area contributed by atoms with Crippen molar-refractivity contribution in [3.8, 4) is 11.5 Å². The lowest BCUT2D eigenvalue weighted by atomic mass is 10.2. The molecule has 0 aliphatic rings. The van der Waals surface area contributed by atoms with E-state index in [9.17, 15) is 0 Å². The molecule has 1 rings (SSSR count). The van der Waals surface area contributed by atoms with Crippen LogP contribution in [0.15, 0.2) is 18.2 Å². The molecule has 0 saturated carbocycles. The van der Waals surface area contributed by atoms with Crippen molar-refractivity contribution in [3.05, 3.63) is 23.8 Å². The Bertz CT molecular complexity index is 289. The number of nitrogens with two attached hydrogens (primary N) is 1. The second-order valence-corrected chi connectivity index (χ2v) is 2.74. The summed E-state index contributed by atoms with van der Waals surface area (Å²) in [5.41, 5.74) is 6.51. The third-order valence-electron chi connectivity index (χ3n) is 1.80. The summed E-state index contributed by atoms with van der Waals surface area (Å²) in [6.45, 7) is 0.694. The molecule has 0 radical (unpaired) electrons. The van der Waals surface area contributed by atoms with E-state index in [1.807, 2.05) is 18.2 Å². The van der Waals surface area contributed by atoms with E-state index < -0.39 is 0 Å². The maximum Gasteiger partial charge on any atom is 0.188 e. The highest BCUT2D eigenvalue weighted by atomic mass is 16.7. The smallest absolute Gasteiger partial charge is 0.188 e. The lowest BCUT2D eigenvalue weighted by Crippen LogP contribution is -2.02. The number of methoxy groups -OCH3 is 2. The first kappa shape index (κ1) is 10.8. The van der Waals surface area contributed by atoms with Crippen molar-refractivity contribution in [2.75, 3.05) is 21.0 Å². The van der Waals surface area contributed by atoms with Crippen LogP contribution in [0.1, 0.15) is 5.56 Å². The van der Waals surface area contributed by atoms with Gasteiger partial charge in [-0.15, -0.1) is 0 Å². The van der Waals surface area contributed by atoms with Gasteiger partial charge in [0.05, 0.1) is 7.11 Å². The third-order valence-corrected chi connectivity index (χ3v) is 1.80. The van der Waals surface area contributed by atoms with Crippen LogP contribution in [-0.2, 0) is 11.3 Å². The van der Waals surface area contributed by atoms with Gasteiger partial charge in [0.1, 0.15) is 0 Å². The predicted molar refractivity (Wildman–Crippen MR) is 53.4 cm³/mol. The Hall–Kier alpha value is -1.26. The first-order valence-electron chi connectivity index (χ1n) is 4.30.